The molecule has 0 bridgehead atoms. The standard InChI is InChI=1S/C8H10N2O3/c1-6(2)7-3-8(10(12)13)5-9(11)4-7/h3-6H,1-2H3. The van der Waals surface area contributed by atoms with Gasteiger partial charge in [0.2, 0.25) is 0 Å². The van der Waals surface area contributed by atoms with E-state index < -0.39 is 4.92 Å². The molecule has 0 aromatic carbocycles. The lowest BCUT2D eigenvalue weighted by Crippen LogP contribution is -2.26. The first-order chi connectivity index (χ1) is 6.00. The van der Waals surface area contributed by atoms with Crippen molar-refractivity contribution in [1.29, 1.82) is 0 Å². The molecule has 0 saturated carbocycles. The van der Waals surface area contributed by atoms with Gasteiger partial charge in [-0.05, 0) is 5.92 Å². The van der Waals surface area contributed by atoms with Crippen LogP contribution in [0, 0.1) is 15.3 Å². The molecule has 0 N–H and O–H groups in total. The van der Waals surface area contributed by atoms with Crippen molar-refractivity contribution < 1.29 is 9.65 Å². The normalized spacial score (nSPS) is 10.4. The van der Waals surface area contributed by atoms with Crippen molar-refractivity contribution in [3.05, 3.63) is 39.3 Å². The van der Waals surface area contributed by atoms with Crippen molar-refractivity contribution in [3.8, 4) is 0 Å². The van der Waals surface area contributed by atoms with Crippen molar-refractivity contribution in [2.75, 3.05) is 0 Å². The van der Waals surface area contributed by atoms with Gasteiger partial charge in [0.05, 0.1) is 4.92 Å². The fourth-order valence-electron chi connectivity index (χ4n) is 0.975. The molecule has 5 heteroatoms. The van der Waals surface area contributed by atoms with Gasteiger partial charge in [-0.3, -0.25) is 10.1 Å². The minimum atomic E-state index is -0.569. The van der Waals surface area contributed by atoms with Crippen LogP contribution in [0.5, 0.6) is 0 Å². The Morgan fingerprint density at radius 3 is 2.54 bits per heavy atom. The number of hydrogen-bond acceptors (Lipinski definition) is 3. The summed E-state index contributed by atoms with van der Waals surface area (Å²) in [6, 6.07) is 1.42. The highest BCUT2D eigenvalue weighted by molar-refractivity contribution is 5.29. The molecule has 0 fully saturated rings. The monoisotopic (exact) mass is 182 g/mol. The summed E-state index contributed by atoms with van der Waals surface area (Å²) in [4.78, 5) is 9.81. The molecule has 1 aromatic heterocycles. The van der Waals surface area contributed by atoms with Crippen LogP contribution in [0.2, 0.25) is 0 Å². The molecule has 0 radical (unpaired) electrons. The quantitative estimate of drug-likeness (QED) is 0.300. The Bertz CT molecular complexity index is 336. The number of nitrogens with zero attached hydrogens (tertiary/aromatic N) is 2. The molecule has 0 aliphatic carbocycles. The van der Waals surface area contributed by atoms with Crippen molar-refractivity contribution >= 4 is 5.69 Å². The summed E-state index contributed by atoms with van der Waals surface area (Å²) in [7, 11) is 0. The van der Waals surface area contributed by atoms with Gasteiger partial charge in [0.15, 0.2) is 6.20 Å². The second-order valence-corrected chi connectivity index (χ2v) is 3.10. The molecule has 0 aliphatic heterocycles. The van der Waals surface area contributed by atoms with Gasteiger partial charge < -0.3 is 5.21 Å². The van der Waals surface area contributed by atoms with Gasteiger partial charge >= 0.3 is 5.69 Å². The summed E-state index contributed by atoms with van der Waals surface area (Å²) < 4.78 is 0.466. The summed E-state index contributed by atoms with van der Waals surface area (Å²) in [6.07, 6.45) is 2.30. The number of rotatable bonds is 2. The van der Waals surface area contributed by atoms with Crippen molar-refractivity contribution in [2.24, 2.45) is 0 Å². The smallest absolute Gasteiger partial charge is 0.333 e. The Balaban J connectivity index is 3.19. The van der Waals surface area contributed by atoms with E-state index in [9.17, 15) is 15.3 Å². The maximum absolute atomic E-state index is 10.9. The molecule has 1 aromatic rings. The third-order valence-corrected chi connectivity index (χ3v) is 1.73. The fraction of sp³-hybridized carbons (Fsp3) is 0.375. The molecule has 0 amide bonds. The predicted molar refractivity (Wildman–Crippen MR) is 46.1 cm³/mol. The molecule has 0 spiro atoms. The topological polar surface area (TPSA) is 70.1 Å². The molecule has 1 heterocycles. The molecule has 70 valence electrons. The van der Waals surface area contributed by atoms with E-state index in [-0.39, 0.29) is 11.6 Å². The highest BCUT2D eigenvalue weighted by Crippen LogP contribution is 2.17. The van der Waals surface area contributed by atoms with Crippen LogP contribution in [0.1, 0.15) is 25.3 Å². The predicted octanol–water partition coefficient (Wildman–Crippen LogP) is 1.35. The molecule has 13 heavy (non-hydrogen) atoms. The average molecular weight is 182 g/mol. The van der Waals surface area contributed by atoms with Gasteiger partial charge in [0.25, 0.3) is 6.20 Å². The van der Waals surface area contributed by atoms with E-state index in [1.807, 2.05) is 13.8 Å². The molecular weight excluding hydrogens is 172 g/mol. The molecule has 0 aliphatic rings. The number of nitro groups is 1. The maximum atomic E-state index is 10.9. The Labute approximate surface area is 75.4 Å². The zero-order valence-corrected chi connectivity index (χ0v) is 7.43. The highest BCUT2D eigenvalue weighted by Gasteiger charge is 2.14. The Kier molecular flexibility index (Phi) is 2.46. The number of aromatic nitrogens is 1. The minimum Gasteiger partial charge on any atom is -0.619 e. The van der Waals surface area contributed by atoms with E-state index in [4.69, 9.17) is 0 Å². The third-order valence-electron chi connectivity index (χ3n) is 1.73. The second kappa shape index (κ2) is 3.38. The Hall–Kier alpha value is -1.65. The lowest BCUT2D eigenvalue weighted by molar-refractivity contribution is -0.610. The van der Waals surface area contributed by atoms with Crippen LogP contribution >= 0.6 is 0 Å². The lowest BCUT2D eigenvalue weighted by atomic mass is 10.1. The first kappa shape index (κ1) is 9.44. The van der Waals surface area contributed by atoms with Gasteiger partial charge in [0.1, 0.15) is 0 Å². The van der Waals surface area contributed by atoms with Gasteiger partial charge in [0, 0.05) is 11.6 Å². The summed E-state index contributed by atoms with van der Waals surface area (Å²) >= 11 is 0. The fourth-order valence-corrected chi connectivity index (χ4v) is 0.975. The zero-order valence-electron chi connectivity index (χ0n) is 7.43. The minimum absolute atomic E-state index is 0.111. The maximum Gasteiger partial charge on any atom is 0.333 e. The SMILES string of the molecule is CC(C)c1cc([N+](=O)[O-])c[n+]([O-])c1. The molecule has 1 rings (SSSR count). The summed E-state index contributed by atoms with van der Waals surface area (Å²) in [6.45, 7) is 3.75. The summed E-state index contributed by atoms with van der Waals surface area (Å²) in [5.41, 5.74) is 0.505. The van der Waals surface area contributed by atoms with Crippen molar-refractivity contribution in [1.82, 2.24) is 0 Å². The van der Waals surface area contributed by atoms with Crippen molar-refractivity contribution in [2.45, 2.75) is 19.8 Å². The third kappa shape index (κ3) is 2.14. The van der Waals surface area contributed by atoms with Crippen LogP contribution in [0.15, 0.2) is 18.5 Å². The Morgan fingerprint density at radius 1 is 1.46 bits per heavy atom. The van der Waals surface area contributed by atoms with Gasteiger partial charge in [-0.25, -0.2) is 0 Å². The van der Waals surface area contributed by atoms with E-state index in [1.54, 1.807) is 0 Å². The summed E-state index contributed by atoms with van der Waals surface area (Å²) in [5.74, 6) is 0.111. The van der Waals surface area contributed by atoms with E-state index in [0.717, 1.165) is 6.20 Å². The van der Waals surface area contributed by atoms with Gasteiger partial charge in [-0.1, -0.05) is 13.8 Å². The average Bonchev–Trinajstić information content (AvgIpc) is 2.03. The molecule has 0 unspecified atom stereocenters. The van der Waals surface area contributed by atoms with E-state index in [1.165, 1.54) is 12.3 Å². The van der Waals surface area contributed by atoms with Crippen LogP contribution < -0.4 is 4.73 Å². The first-order valence-electron chi connectivity index (χ1n) is 3.89. The molecule has 0 saturated heterocycles. The van der Waals surface area contributed by atoms with Crippen LogP contribution in [0.25, 0.3) is 0 Å². The van der Waals surface area contributed by atoms with E-state index in [2.05, 4.69) is 0 Å². The summed E-state index contributed by atoms with van der Waals surface area (Å²) in [5, 5.41) is 21.3. The number of hydrogen-bond donors (Lipinski definition) is 0. The lowest BCUT2D eigenvalue weighted by Gasteiger charge is -2.03. The van der Waals surface area contributed by atoms with Gasteiger partial charge in [-0.2, -0.15) is 4.73 Å². The molecule has 5 nitrogen and oxygen atoms in total. The van der Waals surface area contributed by atoms with Crippen LogP contribution in [-0.2, 0) is 0 Å². The second-order valence-electron chi connectivity index (χ2n) is 3.10. The first-order valence-corrected chi connectivity index (χ1v) is 3.89. The van der Waals surface area contributed by atoms with E-state index in [0.29, 0.717) is 10.3 Å². The molecular formula is C8H10N2O3. The van der Waals surface area contributed by atoms with E-state index >= 15 is 0 Å². The highest BCUT2D eigenvalue weighted by atomic mass is 16.6. The van der Waals surface area contributed by atoms with Crippen LogP contribution in [0.4, 0.5) is 5.69 Å². The van der Waals surface area contributed by atoms with Crippen LogP contribution in [0.3, 0.4) is 0 Å². The largest absolute Gasteiger partial charge is 0.619 e. The molecule has 0 atom stereocenters. The Morgan fingerprint density at radius 2 is 2.08 bits per heavy atom. The zero-order chi connectivity index (χ0) is 10.0. The van der Waals surface area contributed by atoms with Gasteiger partial charge in [-0.15, -0.1) is 0 Å². The number of pyridine rings is 1. The van der Waals surface area contributed by atoms with Crippen LogP contribution in [-0.4, -0.2) is 4.92 Å². The van der Waals surface area contributed by atoms with Crippen molar-refractivity contribution in [3.63, 3.8) is 0 Å².